The number of amides is 1. The summed E-state index contributed by atoms with van der Waals surface area (Å²) in [6, 6.07) is 0.210. The van der Waals surface area contributed by atoms with Gasteiger partial charge in [-0.15, -0.1) is 0 Å². The van der Waals surface area contributed by atoms with E-state index in [1.807, 2.05) is 6.92 Å². The van der Waals surface area contributed by atoms with Crippen LogP contribution in [-0.2, 0) is 10.2 Å². The van der Waals surface area contributed by atoms with E-state index >= 15 is 8.78 Å². The lowest BCUT2D eigenvalue weighted by Gasteiger charge is -2.52. The SMILES string of the molecule is CN(CC1CC1)C1CN([C@H]2CCCC(F)(F)[C@@H]2CC(=O)N2CCC(C)(c3noc([C@@H]4C[C@@H]4F)n3)CC2)C1. The molecule has 6 rings (SSSR count). The number of carbonyl (C=O) groups is 1. The maximum Gasteiger partial charge on any atom is 0.252 e. The summed E-state index contributed by atoms with van der Waals surface area (Å²) in [7, 11) is 2.15. The third kappa shape index (κ3) is 5.16. The number of piperidine rings is 1. The van der Waals surface area contributed by atoms with Crippen molar-refractivity contribution in [2.24, 2.45) is 11.8 Å². The highest BCUT2D eigenvalue weighted by Gasteiger charge is 2.52. The van der Waals surface area contributed by atoms with Gasteiger partial charge in [-0.1, -0.05) is 12.1 Å². The van der Waals surface area contributed by atoms with Gasteiger partial charge in [0.15, 0.2) is 5.82 Å². The van der Waals surface area contributed by atoms with Gasteiger partial charge in [0.1, 0.15) is 6.17 Å². The van der Waals surface area contributed by atoms with Crippen LogP contribution in [-0.4, -0.2) is 94.7 Å². The van der Waals surface area contributed by atoms with Crippen LogP contribution >= 0.6 is 0 Å². The van der Waals surface area contributed by atoms with Crippen molar-refractivity contribution in [3.63, 3.8) is 0 Å². The fraction of sp³-hybridized carbons (Fsp3) is 0.889. The van der Waals surface area contributed by atoms with Crippen molar-refractivity contribution in [2.45, 2.75) is 100 Å². The molecule has 1 amide bonds. The van der Waals surface area contributed by atoms with Crippen LogP contribution in [0.15, 0.2) is 4.52 Å². The van der Waals surface area contributed by atoms with E-state index in [9.17, 15) is 9.18 Å². The summed E-state index contributed by atoms with van der Waals surface area (Å²) in [5, 5.41) is 4.11. The van der Waals surface area contributed by atoms with Gasteiger partial charge >= 0.3 is 0 Å². The Labute approximate surface area is 217 Å². The molecule has 37 heavy (non-hydrogen) atoms. The molecule has 0 radical (unpaired) electrons. The van der Waals surface area contributed by atoms with Crippen molar-refractivity contribution in [2.75, 3.05) is 39.8 Å². The second-order valence-electron chi connectivity index (χ2n) is 12.8. The van der Waals surface area contributed by atoms with Gasteiger partial charge in [0.25, 0.3) is 5.92 Å². The normalized spacial score (nSPS) is 33.9. The second-order valence-corrected chi connectivity index (χ2v) is 12.8. The van der Waals surface area contributed by atoms with Crippen molar-refractivity contribution in [1.82, 2.24) is 24.8 Å². The second kappa shape index (κ2) is 9.50. The van der Waals surface area contributed by atoms with Crippen molar-refractivity contribution >= 4 is 5.91 Å². The highest BCUT2D eigenvalue weighted by Crippen LogP contribution is 2.46. The van der Waals surface area contributed by atoms with Gasteiger partial charge in [-0.2, -0.15) is 4.98 Å². The summed E-state index contributed by atoms with van der Waals surface area (Å²) in [6.45, 7) is 5.76. The minimum absolute atomic E-state index is 0.0978. The van der Waals surface area contributed by atoms with E-state index in [4.69, 9.17) is 4.52 Å². The van der Waals surface area contributed by atoms with Gasteiger partial charge in [-0.25, -0.2) is 13.2 Å². The Morgan fingerprint density at radius 2 is 1.86 bits per heavy atom. The highest BCUT2D eigenvalue weighted by molar-refractivity contribution is 5.76. The molecule has 3 saturated carbocycles. The third-order valence-corrected chi connectivity index (χ3v) is 9.87. The molecule has 0 unspecified atom stereocenters. The number of likely N-dealkylation sites (N-methyl/N-ethyl adjacent to an activating group) is 1. The fourth-order valence-corrected chi connectivity index (χ4v) is 6.67. The molecule has 2 aliphatic heterocycles. The van der Waals surface area contributed by atoms with Crippen LogP contribution in [0.5, 0.6) is 0 Å². The average molecular weight is 524 g/mol. The van der Waals surface area contributed by atoms with Gasteiger partial charge in [0.05, 0.1) is 5.92 Å². The molecule has 5 fully saturated rings. The topological polar surface area (TPSA) is 65.7 Å². The van der Waals surface area contributed by atoms with Crippen LogP contribution in [0.3, 0.4) is 0 Å². The predicted octanol–water partition coefficient (Wildman–Crippen LogP) is 4.00. The lowest BCUT2D eigenvalue weighted by atomic mass is 9.76. The quantitative estimate of drug-likeness (QED) is 0.513. The van der Waals surface area contributed by atoms with Crippen LogP contribution in [0.25, 0.3) is 0 Å². The fourth-order valence-electron chi connectivity index (χ4n) is 6.67. The maximum absolute atomic E-state index is 15.2. The van der Waals surface area contributed by atoms with Crippen molar-refractivity contribution in [1.29, 1.82) is 0 Å². The molecule has 0 N–H and O–H groups in total. The first-order valence-electron chi connectivity index (χ1n) is 14.2. The minimum Gasteiger partial charge on any atom is -0.343 e. The number of hydrogen-bond donors (Lipinski definition) is 0. The third-order valence-electron chi connectivity index (χ3n) is 9.87. The van der Waals surface area contributed by atoms with E-state index in [-0.39, 0.29) is 36.1 Å². The first kappa shape index (κ1) is 25.6. The van der Waals surface area contributed by atoms with Gasteiger partial charge in [-0.3, -0.25) is 9.69 Å². The number of likely N-dealkylation sites (tertiary alicyclic amines) is 2. The van der Waals surface area contributed by atoms with Gasteiger partial charge < -0.3 is 14.3 Å². The Morgan fingerprint density at radius 1 is 1.16 bits per heavy atom. The summed E-state index contributed by atoms with van der Waals surface area (Å²) in [4.78, 5) is 24.1. The number of hydrogen-bond acceptors (Lipinski definition) is 6. The first-order valence-corrected chi connectivity index (χ1v) is 14.2. The molecule has 0 spiro atoms. The Morgan fingerprint density at radius 3 is 2.51 bits per heavy atom. The van der Waals surface area contributed by atoms with Crippen LogP contribution < -0.4 is 0 Å². The predicted molar refractivity (Wildman–Crippen MR) is 131 cm³/mol. The molecule has 0 bridgehead atoms. The zero-order chi connectivity index (χ0) is 25.9. The molecule has 206 valence electrons. The van der Waals surface area contributed by atoms with Crippen molar-refractivity contribution < 1.29 is 22.5 Å². The van der Waals surface area contributed by atoms with E-state index in [2.05, 4.69) is 27.0 Å². The Kier molecular flexibility index (Phi) is 6.57. The molecule has 7 nitrogen and oxygen atoms in total. The molecular weight excluding hydrogens is 483 g/mol. The van der Waals surface area contributed by atoms with E-state index in [0.717, 1.165) is 32.0 Å². The summed E-state index contributed by atoms with van der Waals surface area (Å²) in [5.41, 5.74) is -0.365. The average Bonchev–Trinajstić information content (AvgIpc) is 3.72. The molecule has 2 saturated heterocycles. The van der Waals surface area contributed by atoms with Gasteiger partial charge in [0.2, 0.25) is 11.8 Å². The first-order chi connectivity index (χ1) is 17.6. The van der Waals surface area contributed by atoms with E-state index in [1.165, 1.54) is 12.8 Å². The lowest BCUT2D eigenvalue weighted by molar-refractivity contribution is -0.156. The number of carbonyl (C=O) groups excluding carboxylic acids is 1. The summed E-state index contributed by atoms with van der Waals surface area (Å²) >= 11 is 0. The van der Waals surface area contributed by atoms with Crippen LogP contribution in [0, 0.1) is 11.8 Å². The van der Waals surface area contributed by atoms with E-state index in [1.54, 1.807) is 4.90 Å². The van der Waals surface area contributed by atoms with Crippen LogP contribution in [0.1, 0.15) is 82.3 Å². The monoisotopic (exact) mass is 523 g/mol. The van der Waals surface area contributed by atoms with E-state index < -0.39 is 18.0 Å². The molecule has 10 heteroatoms. The zero-order valence-electron chi connectivity index (χ0n) is 22.1. The standard InChI is InChI=1S/C27H40F3N5O2/c1-26(25-31-24(37-32-25)19-12-21(19)28)8-10-34(11-9-26)23(36)13-20-22(4-3-7-27(20,29)30)35-15-18(16-35)33(2)14-17-5-6-17/h17-22H,3-16H2,1-2H3/t19-,20-,21+,22+/m1/s1. The number of rotatable bonds is 8. The van der Waals surface area contributed by atoms with E-state index in [0.29, 0.717) is 56.5 Å². The molecule has 0 aromatic carbocycles. The Hall–Kier alpha value is -1.68. The number of alkyl halides is 3. The molecule has 3 heterocycles. The van der Waals surface area contributed by atoms with Crippen LogP contribution in [0.2, 0.25) is 0 Å². The number of nitrogens with zero attached hydrogens (tertiary/aromatic N) is 5. The van der Waals surface area contributed by atoms with Gasteiger partial charge in [-0.05, 0) is 57.9 Å². The molecule has 4 atom stereocenters. The minimum atomic E-state index is -2.81. The summed E-state index contributed by atoms with van der Waals surface area (Å²) < 4.78 is 49.0. The molecular formula is C27H40F3N5O2. The summed E-state index contributed by atoms with van der Waals surface area (Å²) in [5.74, 6) is -2.45. The molecule has 1 aromatic heterocycles. The largest absolute Gasteiger partial charge is 0.343 e. The summed E-state index contributed by atoms with van der Waals surface area (Å²) in [6.07, 6.45) is 4.46. The van der Waals surface area contributed by atoms with Crippen LogP contribution in [0.4, 0.5) is 13.2 Å². The maximum atomic E-state index is 15.2. The zero-order valence-corrected chi connectivity index (χ0v) is 22.1. The van der Waals surface area contributed by atoms with Crippen molar-refractivity contribution in [3.05, 3.63) is 11.7 Å². The molecule has 5 aliphatic rings. The molecule has 3 aliphatic carbocycles. The van der Waals surface area contributed by atoms with Crippen molar-refractivity contribution in [3.8, 4) is 0 Å². The highest BCUT2D eigenvalue weighted by atomic mass is 19.3. The number of halogens is 3. The molecule has 1 aromatic rings. The Balaban J connectivity index is 1.04. The lowest BCUT2D eigenvalue weighted by Crippen LogP contribution is -2.65. The number of aromatic nitrogens is 2. The smallest absolute Gasteiger partial charge is 0.252 e. The Bertz CT molecular complexity index is 986. The van der Waals surface area contributed by atoms with Gasteiger partial charge in [0, 0.05) is 69.0 Å².